The van der Waals surface area contributed by atoms with Crippen molar-refractivity contribution in [3.05, 3.63) is 64.7 Å². The fourth-order valence-electron chi connectivity index (χ4n) is 1.57. The highest BCUT2D eigenvalue weighted by atomic mass is 35.5. The lowest BCUT2D eigenvalue weighted by Crippen LogP contribution is -2.09. The summed E-state index contributed by atoms with van der Waals surface area (Å²) in [7, 11) is 0. The number of ether oxygens (including phenoxy) is 1. The van der Waals surface area contributed by atoms with Gasteiger partial charge in [0.1, 0.15) is 6.61 Å². The van der Waals surface area contributed by atoms with Crippen molar-refractivity contribution in [3.63, 3.8) is 0 Å². The summed E-state index contributed by atoms with van der Waals surface area (Å²) in [5.41, 5.74) is 4.32. The lowest BCUT2D eigenvalue weighted by molar-refractivity contribution is 0.0473. The molecule has 2 aromatic carbocycles. The van der Waals surface area contributed by atoms with Gasteiger partial charge in [-0.15, -0.1) is 12.4 Å². The van der Waals surface area contributed by atoms with E-state index in [4.69, 9.17) is 22.2 Å². The molecule has 2 aromatic rings. The minimum atomic E-state index is -0.461. The molecule has 0 saturated heterocycles. The summed E-state index contributed by atoms with van der Waals surface area (Å²) < 4.78 is 5.19. The molecule has 0 heterocycles. The molecule has 4 nitrogen and oxygen atoms in total. The number of hydrogen-bond acceptors (Lipinski definition) is 4. The van der Waals surface area contributed by atoms with E-state index in [9.17, 15) is 4.79 Å². The Kier molecular flexibility index (Phi) is 6.31. The standard InChI is InChI=1S/C14H13ClN2O2.ClH/c15-13-8-11(17-16)6-7-12(13)14(18)19-9-10-4-2-1-3-5-10;/h1-8,17H,9,16H2;1H. The first-order chi connectivity index (χ1) is 9.20. The highest BCUT2D eigenvalue weighted by Crippen LogP contribution is 2.21. The summed E-state index contributed by atoms with van der Waals surface area (Å²) in [5, 5.41) is 0.300. The fraction of sp³-hybridized carbons (Fsp3) is 0.0714. The van der Waals surface area contributed by atoms with E-state index in [0.717, 1.165) is 5.56 Å². The first-order valence-corrected chi connectivity index (χ1v) is 6.05. The van der Waals surface area contributed by atoms with Gasteiger partial charge < -0.3 is 10.2 Å². The average Bonchev–Trinajstić information content (AvgIpc) is 2.45. The van der Waals surface area contributed by atoms with E-state index in [1.54, 1.807) is 18.2 Å². The summed E-state index contributed by atoms with van der Waals surface area (Å²) in [4.78, 5) is 11.9. The molecular weight excluding hydrogens is 299 g/mol. The molecule has 6 heteroatoms. The molecule has 106 valence electrons. The van der Waals surface area contributed by atoms with Crippen LogP contribution in [0.4, 0.5) is 5.69 Å². The first-order valence-electron chi connectivity index (χ1n) is 5.68. The minimum absolute atomic E-state index is 0. The zero-order valence-corrected chi connectivity index (χ0v) is 12.1. The number of anilines is 1. The zero-order chi connectivity index (χ0) is 13.7. The number of esters is 1. The number of nitrogen functional groups attached to an aromatic ring is 1. The number of nitrogens with one attached hydrogen (secondary N) is 1. The van der Waals surface area contributed by atoms with Crippen LogP contribution in [-0.4, -0.2) is 5.97 Å². The van der Waals surface area contributed by atoms with Crippen LogP contribution in [0.2, 0.25) is 5.02 Å². The number of hydrogen-bond donors (Lipinski definition) is 2. The van der Waals surface area contributed by atoms with Crippen LogP contribution >= 0.6 is 24.0 Å². The Labute approximate surface area is 128 Å². The van der Waals surface area contributed by atoms with Crippen LogP contribution in [0.15, 0.2) is 48.5 Å². The molecule has 0 aromatic heterocycles. The molecule has 0 bridgehead atoms. The van der Waals surface area contributed by atoms with Crippen molar-refractivity contribution in [2.75, 3.05) is 5.43 Å². The Hall–Kier alpha value is -1.75. The van der Waals surface area contributed by atoms with E-state index in [1.807, 2.05) is 30.3 Å². The summed E-state index contributed by atoms with van der Waals surface area (Å²) >= 11 is 5.99. The van der Waals surface area contributed by atoms with Crippen molar-refractivity contribution in [2.24, 2.45) is 5.84 Å². The Morgan fingerprint density at radius 2 is 1.90 bits per heavy atom. The van der Waals surface area contributed by atoms with Crippen molar-refractivity contribution in [1.29, 1.82) is 0 Å². The topological polar surface area (TPSA) is 64.3 Å². The van der Waals surface area contributed by atoms with E-state index < -0.39 is 5.97 Å². The second kappa shape index (κ2) is 7.75. The van der Waals surface area contributed by atoms with Crippen LogP contribution in [0.25, 0.3) is 0 Å². The summed E-state index contributed by atoms with van der Waals surface area (Å²) in [5.74, 6) is 4.79. The second-order valence-corrected chi connectivity index (χ2v) is 4.31. The third-order valence-electron chi connectivity index (χ3n) is 2.57. The molecule has 20 heavy (non-hydrogen) atoms. The van der Waals surface area contributed by atoms with Gasteiger partial charge in [0.15, 0.2) is 0 Å². The van der Waals surface area contributed by atoms with Gasteiger partial charge in [0.05, 0.1) is 10.6 Å². The predicted octanol–water partition coefficient (Wildman–Crippen LogP) is 3.40. The second-order valence-electron chi connectivity index (χ2n) is 3.90. The molecule has 0 aliphatic carbocycles. The maximum atomic E-state index is 11.9. The van der Waals surface area contributed by atoms with E-state index in [2.05, 4.69) is 5.43 Å². The van der Waals surface area contributed by atoms with Gasteiger partial charge in [-0.3, -0.25) is 5.84 Å². The van der Waals surface area contributed by atoms with Crippen molar-refractivity contribution < 1.29 is 9.53 Å². The minimum Gasteiger partial charge on any atom is -0.457 e. The number of carbonyl (C=O) groups excluding carboxylic acids is 1. The van der Waals surface area contributed by atoms with Gasteiger partial charge >= 0.3 is 5.97 Å². The number of halogens is 2. The van der Waals surface area contributed by atoms with Crippen molar-refractivity contribution in [2.45, 2.75) is 6.61 Å². The maximum absolute atomic E-state index is 11.9. The lowest BCUT2D eigenvalue weighted by atomic mass is 10.2. The number of carbonyl (C=O) groups is 1. The van der Waals surface area contributed by atoms with Gasteiger partial charge in [0.2, 0.25) is 0 Å². The average molecular weight is 313 g/mol. The molecule has 0 atom stereocenters. The molecule has 0 aliphatic heterocycles. The quantitative estimate of drug-likeness (QED) is 0.516. The smallest absolute Gasteiger partial charge is 0.339 e. The zero-order valence-electron chi connectivity index (χ0n) is 10.5. The van der Waals surface area contributed by atoms with Crippen molar-refractivity contribution >= 4 is 35.7 Å². The summed E-state index contributed by atoms with van der Waals surface area (Å²) in [6.07, 6.45) is 0. The van der Waals surface area contributed by atoms with E-state index in [1.165, 1.54) is 0 Å². The third kappa shape index (κ3) is 4.13. The molecule has 0 saturated carbocycles. The molecule has 0 aliphatic rings. The molecule has 2 rings (SSSR count). The molecule has 0 unspecified atom stereocenters. The summed E-state index contributed by atoms with van der Waals surface area (Å²) in [6.45, 7) is 0.215. The van der Waals surface area contributed by atoms with Crippen molar-refractivity contribution in [3.8, 4) is 0 Å². The van der Waals surface area contributed by atoms with Gasteiger partial charge in [-0.1, -0.05) is 41.9 Å². The van der Waals surface area contributed by atoms with Gasteiger partial charge in [-0.2, -0.15) is 0 Å². The predicted molar refractivity (Wildman–Crippen MR) is 82.1 cm³/mol. The Bertz CT molecular complexity index is 577. The van der Waals surface area contributed by atoms with E-state index >= 15 is 0 Å². The first kappa shape index (κ1) is 16.3. The SMILES string of the molecule is Cl.NNc1ccc(C(=O)OCc2ccccc2)c(Cl)c1. The Morgan fingerprint density at radius 3 is 2.50 bits per heavy atom. The van der Waals surface area contributed by atoms with Crippen LogP contribution < -0.4 is 11.3 Å². The van der Waals surface area contributed by atoms with Gasteiger partial charge in [-0.05, 0) is 23.8 Å². The van der Waals surface area contributed by atoms with Crippen LogP contribution in [0.5, 0.6) is 0 Å². The molecule has 3 N–H and O–H groups in total. The van der Waals surface area contributed by atoms with Crippen molar-refractivity contribution in [1.82, 2.24) is 0 Å². The van der Waals surface area contributed by atoms with Crippen LogP contribution in [0, 0.1) is 0 Å². The number of rotatable bonds is 4. The lowest BCUT2D eigenvalue weighted by Gasteiger charge is -2.07. The Morgan fingerprint density at radius 1 is 1.20 bits per heavy atom. The number of benzene rings is 2. The normalized spacial score (nSPS) is 9.50. The highest BCUT2D eigenvalue weighted by molar-refractivity contribution is 6.33. The van der Waals surface area contributed by atoms with Crippen LogP contribution in [0.1, 0.15) is 15.9 Å². The van der Waals surface area contributed by atoms with Gasteiger partial charge in [0, 0.05) is 5.69 Å². The van der Waals surface area contributed by atoms with E-state index in [0.29, 0.717) is 16.3 Å². The fourth-order valence-corrected chi connectivity index (χ4v) is 1.83. The monoisotopic (exact) mass is 312 g/mol. The van der Waals surface area contributed by atoms with Gasteiger partial charge in [-0.25, -0.2) is 4.79 Å². The largest absolute Gasteiger partial charge is 0.457 e. The third-order valence-corrected chi connectivity index (χ3v) is 2.88. The molecular formula is C14H14Cl2N2O2. The van der Waals surface area contributed by atoms with Crippen LogP contribution in [0.3, 0.4) is 0 Å². The maximum Gasteiger partial charge on any atom is 0.339 e. The molecule has 0 radical (unpaired) electrons. The van der Waals surface area contributed by atoms with E-state index in [-0.39, 0.29) is 19.0 Å². The highest BCUT2D eigenvalue weighted by Gasteiger charge is 2.12. The summed E-state index contributed by atoms with van der Waals surface area (Å²) in [6, 6.07) is 14.2. The molecule has 0 spiro atoms. The molecule has 0 fully saturated rings. The molecule has 0 amide bonds. The van der Waals surface area contributed by atoms with Crippen LogP contribution in [-0.2, 0) is 11.3 Å². The number of nitrogens with two attached hydrogens (primary N) is 1. The van der Waals surface area contributed by atoms with Gasteiger partial charge in [0.25, 0.3) is 0 Å². The number of hydrazine groups is 1. The Balaban J connectivity index is 0.00000200.